The number of rotatable bonds is 3. The molecule has 7 nitrogen and oxygen atoms in total. The van der Waals surface area contributed by atoms with Crippen LogP contribution >= 0.6 is 11.3 Å². The molecule has 1 amide bonds. The van der Waals surface area contributed by atoms with E-state index in [1.165, 1.54) is 6.07 Å². The van der Waals surface area contributed by atoms with Crippen molar-refractivity contribution in [1.82, 2.24) is 24.6 Å². The molecule has 4 heterocycles. The van der Waals surface area contributed by atoms with E-state index < -0.39 is 0 Å². The van der Waals surface area contributed by atoms with Crippen LogP contribution in [0, 0.1) is 0 Å². The van der Waals surface area contributed by atoms with Gasteiger partial charge in [-0.15, -0.1) is 0 Å². The molecular formula is C18H19N5O2S. The fourth-order valence-corrected chi connectivity index (χ4v) is 3.95. The van der Waals surface area contributed by atoms with Crippen molar-refractivity contribution in [2.24, 2.45) is 7.05 Å². The number of carbonyl (C=O) groups is 1. The lowest BCUT2D eigenvalue weighted by atomic mass is 9.95. The molecule has 0 saturated carbocycles. The van der Waals surface area contributed by atoms with Crippen molar-refractivity contribution in [3.63, 3.8) is 0 Å². The van der Waals surface area contributed by atoms with Crippen molar-refractivity contribution < 1.29 is 4.79 Å². The van der Waals surface area contributed by atoms with Gasteiger partial charge in [0.1, 0.15) is 5.82 Å². The summed E-state index contributed by atoms with van der Waals surface area (Å²) in [5.41, 5.74) is 2.15. The Morgan fingerprint density at radius 3 is 2.81 bits per heavy atom. The lowest BCUT2D eigenvalue weighted by molar-refractivity contribution is 0.0711. The monoisotopic (exact) mass is 369 g/mol. The van der Waals surface area contributed by atoms with Crippen molar-refractivity contribution in [3.8, 4) is 11.3 Å². The maximum atomic E-state index is 12.5. The molecule has 4 rings (SSSR count). The molecule has 3 aromatic rings. The first-order valence-corrected chi connectivity index (χ1v) is 9.46. The highest BCUT2D eigenvalue weighted by atomic mass is 32.1. The number of thiophene rings is 1. The second-order valence-electron chi connectivity index (χ2n) is 6.50. The molecule has 1 aliphatic heterocycles. The van der Waals surface area contributed by atoms with Gasteiger partial charge in [0.05, 0.1) is 17.5 Å². The second-order valence-corrected chi connectivity index (χ2v) is 7.28. The topological polar surface area (TPSA) is 83.9 Å². The van der Waals surface area contributed by atoms with E-state index in [0.717, 1.165) is 18.4 Å². The first-order chi connectivity index (χ1) is 12.6. The van der Waals surface area contributed by atoms with E-state index in [2.05, 4.69) is 15.1 Å². The van der Waals surface area contributed by atoms with Gasteiger partial charge >= 0.3 is 0 Å². The fourth-order valence-electron chi connectivity index (χ4n) is 3.30. The van der Waals surface area contributed by atoms with Crippen molar-refractivity contribution in [2.75, 3.05) is 13.1 Å². The molecular weight excluding hydrogens is 350 g/mol. The Morgan fingerprint density at radius 1 is 1.35 bits per heavy atom. The van der Waals surface area contributed by atoms with Crippen LogP contribution in [0.4, 0.5) is 0 Å². The first-order valence-electron chi connectivity index (χ1n) is 8.52. The van der Waals surface area contributed by atoms with E-state index in [4.69, 9.17) is 0 Å². The van der Waals surface area contributed by atoms with Crippen LogP contribution in [0.25, 0.3) is 11.3 Å². The number of piperidine rings is 1. The number of hydrogen-bond donors (Lipinski definition) is 1. The van der Waals surface area contributed by atoms with Crippen molar-refractivity contribution in [2.45, 2.75) is 18.8 Å². The third-order valence-corrected chi connectivity index (χ3v) is 5.38. The first kappa shape index (κ1) is 16.7. The molecule has 0 aliphatic carbocycles. The summed E-state index contributed by atoms with van der Waals surface area (Å²) in [6.07, 6.45) is 4.89. The maximum Gasteiger partial charge on any atom is 0.257 e. The molecule has 0 radical (unpaired) electrons. The third kappa shape index (κ3) is 3.32. The van der Waals surface area contributed by atoms with E-state index in [1.54, 1.807) is 35.5 Å². The second kappa shape index (κ2) is 6.87. The minimum Gasteiger partial charge on any atom is -0.339 e. The summed E-state index contributed by atoms with van der Waals surface area (Å²) < 4.78 is 1.63. The number of nitrogens with one attached hydrogen (secondary N) is 1. The van der Waals surface area contributed by atoms with Crippen molar-refractivity contribution in [1.29, 1.82) is 0 Å². The van der Waals surface area contributed by atoms with Crippen LogP contribution in [0.15, 0.2) is 40.1 Å². The number of amides is 1. The number of aryl methyl sites for hydroxylation is 1. The largest absolute Gasteiger partial charge is 0.339 e. The zero-order chi connectivity index (χ0) is 18.1. The van der Waals surface area contributed by atoms with Crippen LogP contribution < -0.4 is 5.56 Å². The molecule has 0 aromatic carbocycles. The van der Waals surface area contributed by atoms with Gasteiger partial charge in [0.15, 0.2) is 0 Å². The van der Waals surface area contributed by atoms with E-state index in [0.29, 0.717) is 30.2 Å². The van der Waals surface area contributed by atoms with E-state index in [9.17, 15) is 9.59 Å². The maximum absolute atomic E-state index is 12.5. The summed E-state index contributed by atoms with van der Waals surface area (Å²) in [5, 5.41) is 8.02. The van der Waals surface area contributed by atoms with E-state index in [-0.39, 0.29) is 17.4 Å². The summed E-state index contributed by atoms with van der Waals surface area (Å²) in [4.78, 5) is 33.9. The highest BCUT2D eigenvalue weighted by molar-refractivity contribution is 7.08. The van der Waals surface area contributed by atoms with Crippen LogP contribution in [-0.4, -0.2) is 43.6 Å². The van der Waals surface area contributed by atoms with Crippen LogP contribution in [0.2, 0.25) is 0 Å². The zero-order valence-electron chi connectivity index (χ0n) is 14.4. The van der Waals surface area contributed by atoms with E-state index >= 15 is 0 Å². The number of aromatic amines is 1. The van der Waals surface area contributed by atoms with E-state index in [1.807, 2.05) is 21.7 Å². The normalized spacial score (nSPS) is 15.3. The number of aromatic nitrogens is 4. The van der Waals surface area contributed by atoms with Gasteiger partial charge in [0.25, 0.3) is 11.5 Å². The van der Waals surface area contributed by atoms with Crippen LogP contribution in [-0.2, 0) is 7.05 Å². The predicted octanol–water partition coefficient (Wildman–Crippen LogP) is 2.25. The van der Waals surface area contributed by atoms with Gasteiger partial charge in [0, 0.05) is 49.3 Å². The van der Waals surface area contributed by atoms with Gasteiger partial charge in [-0.3, -0.25) is 14.3 Å². The SMILES string of the molecule is Cn1cc(C(=O)N2CCC(c3nc(-c4ccsc4)cc(=O)[nH]3)CC2)cn1. The Labute approximate surface area is 154 Å². The van der Waals surface area contributed by atoms with Gasteiger partial charge in [-0.25, -0.2) is 4.98 Å². The Balaban J connectivity index is 1.48. The number of likely N-dealkylation sites (tertiary alicyclic amines) is 1. The zero-order valence-corrected chi connectivity index (χ0v) is 15.2. The highest BCUT2D eigenvalue weighted by Crippen LogP contribution is 2.27. The molecule has 1 saturated heterocycles. The average molecular weight is 369 g/mol. The minimum atomic E-state index is -0.134. The molecule has 1 aliphatic rings. The summed E-state index contributed by atoms with van der Waals surface area (Å²) in [7, 11) is 1.80. The smallest absolute Gasteiger partial charge is 0.257 e. The lowest BCUT2D eigenvalue weighted by Gasteiger charge is -2.31. The van der Waals surface area contributed by atoms with Gasteiger partial charge < -0.3 is 9.88 Å². The molecule has 26 heavy (non-hydrogen) atoms. The van der Waals surface area contributed by atoms with Gasteiger partial charge in [-0.1, -0.05) is 0 Å². The third-order valence-electron chi connectivity index (χ3n) is 4.70. The molecule has 0 unspecified atom stereocenters. The molecule has 1 fully saturated rings. The van der Waals surface area contributed by atoms with Crippen molar-refractivity contribution in [3.05, 3.63) is 57.0 Å². The molecule has 0 bridgehead atoms. The lowest BCUT2D eigenvalue weighted by Crippen LogP contribution is -2.38. The molecule has 1 N–H and O–H groups in total. The Morgan fingerprint density at radius 2 is 2.15 bits per heavy atom. The van der Waals surface area contributed by atoms with Crippen LogP contribution in [0.3, 0.4) is 0 Å². The van der Waals surface area contributed by atoms with Gasteiger partial charge in [-0.05, 0) is 24.3 Å². The highest BCUT2D eigenvalue weighted by Gasteiger charge is 2.26. The van der Waals surface area contributed by atoms with Gasteiger partial charge in [-0.2, -0.15) is 16.4 Å². The summed E-state index contributed by atoms with van der Waals surface area (Å²) in [6.45, 7) is 1.29. The minimum absolute atomic E-state index is 0.00465. The number of hydrogen-bond acceptors (Lipinski definition) is 5. The van der Waals surface area contributed by atoms with Gasteiger partial charge in [0.2, 0.25) is 0 Å². The molecule has 0 spiro atoms. The summed E-state index contributed by atoms with van der Waals surface area (Å²) in [6, 6.07) is 3.50. The molecule has 134 valence electrons. The predicted molar refractivity (Wildman–Crippen MR) is 99.3 cm³/mol. The number of carbonyl (C=O) groups excluding carboxylic acids is 1. The summed E-state index contributed by atoms with van der Waals surface area (Å²) in [5.74, 6) is 0.872. The number of nitrogens with zero attached hydrogens (tertiary/aromatic N) is 4. The fraction of sp³-hybridized carbons (Fsp3) is 0.333. The Bertz CT molecular complexity index is 968. The molecule has 3 aromatic heterocycles. The quantitative estimate of drug-likeness (QED) is 0.767. The standard InChI is InChI=1S/C18H19N5O2S/c1-22-10-14(9-19-22)18(25)23-5-2-12(3-6-23)17-20-15(8-16(24)21-17)13-4-7-26-11-13/h4,7-12H,2-3,5-6H2,1H3,(H,20,21,24). The van der Waals surface area contributed by atoms with Crippen molar-refractivity contribution >= 4 is 17.2 Å². The summed E-state index contributed by atoms with van der Waals surface area (Å²) >= 11 is 1.58. The Hall–Kier alpha value is -2.74. The molecule has 0 atom stereocenters. The number of H-pyrrole nitrogens is 1. The molecule has 8 heteroatoms. The van der Waals surface area contributed by atoms with Crippen LogP contribution in [0.5, 0.6) is 0 Å². The Kier molecular flexibility index (Phi) is 4.42. The van der Waals surface area contributed by atoms with Crippen LogP contribution in [0.1, 0.15) is 34.9 Å². The average Bonchev–Trinajstić information content (AvgIpc) is 3.32.